The zero-order chi connectivity index (χ0) is 12.5. The maximum Gasteiger partial charge on any atom is 0.0704 e. The minimum atomic E-state index is 0.281. The maximum atomic E-state index is 6.21. The molecular weight excluding hydrogens is 238 g/mol. The Morgan fingerprint density at radius 3 is 2.89 bits per heavy atom. The van der Waals surface area contributed by atoms with Gasteiger partial charge in [0.15, 0.2) is 0 Å². The maximum absolute atomic E-state index is 6.21. The first-order chi connectivity index (χ1) is 8.74. The summed E-state index contributed by atoms with van der Waals surface area (Å²) in [5.41, 5.74) is 2.89. The van der Waals surface area contributed by atoms with Crippen molar-refractivity contribution in [3.05, 3.63) is 58.7 Å². The van der Waals surface area contributed by atoms with Crippen LogP contribution in [0.15, 0.2) is 47.5 Å². The average molecular weight is 255 g/mol. The Labute approximate surface area is 115 Å². The highest BCUT2D eigenvalue weighted by molar-refractivity contribution is 6.31. The summed E-state index contributed by atoms with van der Waals surface area (Å²) >= 11 is 6.14. The predicted molar refractivity (Wildman–Crippen MR) is 78.2 cm³/mol. The van der Waals surface area contributed by atoms with Gasteiger partial charge in [0, 0.05) is 5.03 Å². The van der Waals surface area contributed by atoms with Gasteiger partial charge in [-0.15, -0.1) is 0 Å². The fourth-order valence-electron chi connectivity index (χ4n) is 3.25. The molecular formula is C16H16BCl. The Morgan fingerprint density at radius 1 is 1.22 bits per heavy atom. The van der Waals surface area contributed by atoms with E-state index in [0.717, 1.165) is 24.3 Å². The first-order valence-electron chi connectivity index (χ1n) is 6.61. The molecule has 0 aliphatic heterocycles. The van der Waals surface area contributed by atoms with E-state index in [1.54, 1.807) is 0 Å². The second kappa shape index (κ2) is 4.97. The third-order valence-electron chi connectivity index (χ3n) is 4.07. The Kier molecular flexibility index (Phi) is 3.34. The van der Waals surface area contributed by atoms with Crippen molar-refractivity contribution in [1.82, 2.24) is 0 Å². The minimum absolute atomic E-state index is 0.281. The van der Waals surface area contributed by atoms with Gasteiger partial charge in [0.1, 0.15) is 0 Å². The van der Waals surface area contributed by atoms with Gasteiger partial charge in [-0.25, -0.2) is 0 Å². The van der Waals surface area contributed by atoms with E-state index >= 15 is 0 Å². The van der Waals surface area contributed by atoms with E-state index in [4.69, 9.17) is 19.4 Å². The number of fused-ring (bicyclic) bond motifs is 1. The summed E-state index contributed by atoms with van der Waals surface area (Å²) in [5.74, 6) is 1.29. The third kappa shape index (κ3) is 2.29. The highest BCUT2D eigenvalue weighted by atomic mass is 35.5. The Hall–Kier alpha value is -0.945. The van der Waals surface area contributed by atoms with Crippen molar-refractivity contribution in [3.63, 3.8) is 0 Å². The normalized spacial score (nSPS) is 30.7. The van der Waals surface area contributed by atoms with Crippen LogP contribution in [-0.4, -0.2) is 7.85 Å². The van der Waals surface area contributed by atoms with Crippen LogP contribution >= 0.6 is 11.6 Å². The second-order valence-electron chi connectivity index (χ2n) is 5.36. The smallest absolute Gasteiger partial charge is 0.0704 e. The lowest BCUT2D eigenvalue weighted by molar-refractivity contribution is 0.441. The van der Waals surface area contributed by atoms with Crippen LogP contribution in [0.1, 0.15) is 29.9 Å². The van der Waals surface area contributed by atoms with Gasteiger partial charge in [-0.1, -0.05) is 60.3 Å². The van der Waals surface area contributed by atoms with Gasteiger partial charge in [0.25, 0.3) is 0 Å². The van der Waals surface area contributed by atoms with E-state index in [2.05, 4.69) is 36.4 Å². The summed E-state index contributed by atoms with van der Waals surface area (Å²) < 4.78 is 0. The molecule has 2 aliphatic carbocycles. The number of rotatable bonds is 1. The molecule has 0 bridgehead atoms. The van der Waals surface area contributed by atoms with E-state index in [1.165, 1.54) is 11.1 Å². The van der Waals surface area contributed by atoms with Crippen LogP contribution < -0.4 is 0 Å². The van der Waals surface area contributed by atoms with E-state index in [0.29, 0.717) is 11.8 Å². The highest BCUT2D eigenvalue weighted by Gasteiger charge is 2.29. The first-order valence-corrected chi connectivity index (χ1v) is 6.99. The Bertz CT molecular complexity index is 504. The molecule has 2 radical (unpaired) electrons. The fourth-order valence-corrected chi connectivity index (χ4v) is 3.50. The van der Waals surface area contributed by atoms with Crippen molar-refractivity contribution in [2.24, 2.45) is 5.92 Å². The quantitative estimate of drug-likeness (QED) is 0.653. The predicted octanol–water partition coefficient (Wildman–Crippen LogP) is 4.37. The van der Waals surface area contributed by atoms with Gasteiger partial charge in [-0.3, -0.25) is 0 Å². The molecule has 0 saturated heterocycles. The molecule has 3 atom stereocenters. The van der Waals surface area contributed by atoms with Crippen LogP contribution in [0.4, 0.5) is 0 Å². The summed E-state index contributed by atoms with van der Waals surface area (Å²) in [6, 6.07) is 8.71. The van der Waals surface area contributed by atoms with Gasteiger partial charge in [0.05, 0.1) is 7.85 Å². The van der Waals surface area contributed by atoms with Crippen LogP contribution in [0, 0.1) is 5.92 Å². The third-order valence-corrected chi connectivity index (χ3v) is 4.32. The van der Waals surface area contributed by atoms with Crippen LogP contribution in [0.25, 0.3) is 0 Å². The lowest BCUT2D eigenvalue weighted by Gasteiger charge is -2.35. The fraction of sp³-hybridized carbons (Fsp3) is 0.375. The lowest BCUT2D eigenvalue weighted by Crippen LogP contribution is -2.21. The summed E-state index contributed by atoms with van der Waals surface area (Å²) in [5, 5.41) is 0.864. The highest BCUT2D eigenvalue weighted by Crippen LogP contribution is 2.43. The standard InChI is InChI=1S/C16H16BCl/c17-13-8-11-4-1-2-7-15(11)16(10-13)12-5-3-6-14(18)9-12/h1-4,6-7,9,12-13,16H,5,8,10H2/t12?,13-,16?/m1/s1. The molecule has 1 aromatic rings. The molecule has 2 aliphatic rings. The first kappa shape index (κ1) is 12.1. The van der Waals surface area contributed by atoms with Gasteiger partial charge in [0.2, 0.25) is 0 Å². The van der Waals surface area contributed by atoms with E-state index in [9.17, 15) is 0 Å². The molecule has 0 heterocycles. The molecule has 0 aromatic heterocycles. The van der Waals surface area contributed by atoms with Crippen LogP contribution in [0.2, 0.25) is 5.82 Å². The Morgan fingerprint density at radius 2 is 2.06 bits per heavy atom. The number of halogens is 1. The molecule has 0 nitrogen and oxygen atoms in total. The zero-order valence-corrected chi connectivity index (χ0v) is 11.1. The molecule has 18 heavy (non-hydrogen) atoms. The van der Waals surface area contributed by atoms with Crippen molar-refractivity contribution in [1.29, 1.82) is 0 Å². The van der Waals surface area contributed by atoms with Crippen molar-refractivity contribution < 1.29 is 0 Å². The molecule has 2 unspecified atom stereocenters. The second-order valence-corrected chi connectivity index (χ2v) is 5.80. The number of hydrogen-bond donors (Lipinski definition) is 0. The monoisotopic (exact) mass is 254 g/mol. The van der Waals surface area contributed by atoms with E-state index in [1.807, 2.05) is 6.08 Å². The summed E-state index contributed by atoms with van der Waals surface area (Å²) in [4.78, 5) is 0. The van der Waals surface area contributed by atoms with Crippen molar-refractivity contribution in [3.8, 4) is 0 Å². The largest absolute Gasteiger partial charge is 0.0847 e. The van der Waals surface area contributed by atoms with Gasteiger partial charge in [-0.05, 0) is 41.9 Å². The summed E-state index contributed by atoms with van der Waals surface area (Å²) in [7, 11) is 6.21. The van der Waals surface area contributed by atoms with Gasteiger partial charge < -0.3 is 0 Å². The van der Waals surface area contributed by atoms with Gasteiger partial charge in [-0.2, -0.15) is 0 Å². The number of allylic oxidation sites excluding steroid dienone is 4. The zero-order valence-electron chi connectivity index (χ0n) is 10.4. The Balaban J connectivity index is 1.95. The molecule has 0 saturated carbocycles. The van der Waals surface area contributed by atoms with Crippen molar-refractivity contribution in [2.75, 3.05) is 0 Å². The summed E-state index contributed by atoms with van der Waals surface area (Å²) in [6.07, 6.45) is 9.51. The molecule has 1 aromatic carbocycles. The van der Waals surface area contributed by atoms with Crippen LogP contribution in [-0.2, 0) is 6.42 Å². The van der Waals surface area contributed by atoms with E-state index < -0.39 is 0 Å². The molecule has 0 fully saturated rings. The van der Waals surface area contributed by atoms with Crippen LogP contribution in [0.5, 0.6) is 0 Å². The summed E-state index contributed by atoms with van der Waals surface area (Å²) in [6.45, 7) is 0. The van der Waals surface area contributed by atoms with E-state index in [-0.39, 0.29) is 5.82 Å². The van der Waals surface area contributed by atoms with Crippen LogP contribution in [0.3, 0.4) is 0 Å². The van der Waals surface area contributed by atoms with Crippen molar-refractivity contribution >= 4 is 19.4 Å². The molecule has 2 heteroatoms. The van der Waals surface area contributed by atoms with Crippen molar-refractivity contribution in [2.45, 2.75) is 31.0 Å². The lowest BCUT2D eigenvalue weighted by atomic mass is 9.64. The number of hydrogen-bond acceptors (Lipinski definition) is 0. The SMILES string of the molecule is [B][C@@H]1Cc2ccccc2C(C2C=C(Cl)C=CC2)C1. The number of benzene rings is 1. The average Bonchev–Trinajstić information content (AvgIpc) is 2.37. The molecule has 0 N–H and O–H groups in total. The molecule has 0 spiro atoms. The minimum Gasteiger partial charge on any atom is -0.0847 e. The van der Waals surface area contributed by atoms with Gasteiger partial charge >= 0.3 is 0 Å². The molecule has 90 valence electrons. The molecule has 3 rings (SSSR count). The topological polar surface area (TPSA) is 0 Å². The molecule has 0 amide bonds.